The molecule has 0 saturated heterocycles. The summed E-state index contributed by atoms with van der Waals surface area (Å²) in [5, 5.41) is 12.5. The number of nitrogens with zero attached hydrogens (tertiary/aromatic N) is 1. The molecule has 0 spiro atoms. The highest BCUT2D eigenvalue weighted by atomic mass is 35.5. The molecule has 0 aliphatic carbocycles. The number of carbonyl (C=O) groups excluding carboxylic acids is 1. The van der Waals surface area contributed by atoms with Crippen LogP contribution >= 0.6 is 23.2 Å². The van der Waals surface area contributed by atoms with Crippen molar-refractivity contribution >= 4 is 34.8 Å². The largest absolute Gasteiger partial charge is 0.321 e. The Kier molecular flexibility index (Phi) is 4.29. The third-order valence-electron chi connectivity index (χ3n) is 2.81. The zero-order chi connectivity index (χ0) is 14.7. The maximum absolute atomic E-state index is 12.2. The van der Waals surface area contributed by atoms with E-state index in [0.29, 0.717) is 21.8 Å². The highest BCUT2D eigenvalue weighted by Crippen LogP contribution is 2.24. The molecule has 2 aromatic carbocycles. The Bertz CT molecular complexity index is 720. The Morgan fingerprint density at radius 3 is 2.65 bits per heavy atom. The summed E-state index contributed by atoms with van der Waals surface area (Å²) in [4.78, 5) is 12.2. The number of halogens is 2. The van der Waals surface area contributed by atoms with Gasteiger partial charge in [0.25, 0.3) is 5.91 Å². The normalized spacial score (nSPS) is 9.90. The summed E-state index contributed by atoms with van der Waals surface area (Å²) >= 11 is 11.8. The number of hydrogen-bond donors (Lipinski definition) is 1. The van der Waals surface area contributed by atoms with Crippen molar-refractivity contribution in [1.82, 2.24) is 0 Å². The lowest BCUT2D eigenvalue weighted by Gasteiger charge is -2.09. The highest BCUT2D eigenvalue weighted by Gasteiger charge is 2.13. The Hall–Kier alpha value is -2.02. The third-order valence-corrected chi connectivity index (χ3v) is 3.36. The molecular weight excluding hydrogens is 295 g/mol. The second-order valence-electron chi connectivity index (χ2n) is 4.19. The van der Waals surface area contributed by atoms with Gasteiger partial charge in [0.2, 0.25) is 0 Å². The molecule has 1 N–H and O–H groups in total. The van der Waals surface area contributed by atoms with E-state index in [1.807, 2.05) is 13.0 Å². The number of amides is 1. The fourth-order valence-electron chi connectivity index (χ4n) is 1.78. The third kappa shape index (κ3) is 2.93. The van der Waals surface area contributed by atoms with E-state index in [2.05, 4.69) is 11.4 Å². The monoisotopic (exact) mass is 304 g/mol. The van der Waals surface area contributed by atoms with Crippen molar-refractivity contribution in [3.8, 4) is 6.07 Å². The van der Waals surface area contributed by atoms with Crippen LogP contribution in [0.15, 0.2) is 36.4 Å². The smallest absolute Gasteiger partial charge is 0.257 e. The Labute approximate surface area is 126 Å². The maximum atomic E-state index is 12.2. The summed E-state index contributed by atoms with van der Waals surface area (Å²) in [7, 11) is 0. The zero-order valence-corrected chi connectivity index (χ0v) is 12.1. The highest BCUT2D eigenvalue weighted by molar-refractivity contribution is 6.37. The standard InChI is InChI=1S/C15H10Cl2N2O/c1-9-3-2-4-14(12(9)8-18)19-15(20)11-6-5-10(16)7-13(11)17/h2-7H,1H3,(H,19,20). The first kappa shape index (κ1) is 14.4. The topological polar surface area (TPSA) is 52.9 Å². The maximum Gasteiger partial charge on any atom is 0.257 e. The van der Waals surface area contributed by atoms with Crippen molar-refractivity contribution in [2.75, 3.05) is 5.32 Å². The fraction of sp³-hybridized carbons (Fsp3) is 0.0667. The Balaban J connectivity index is 2.33. The average Bonchev–Trinajstić information content (AvgIpc) is 2.38. The lowest BCUT2D eigenvalue weighted by molar-refractivity contribution is 0.102. The second-order valence-corrected chi connectivity index (χ2v) is 5.03. The zero-order valence-electron chi connectivity index (χ0n) is 10.6. The van der Waals surface area contributed by atoms with Crippen LogP contribution < -0.4 is 5.32 Å². The molecule has 0 aliphatic heterocycles. The van der Waals surface area contributed by atoms with Crippen LogP contribution in [0.2, 0.25) is 10.0 Å². The summed E-state index contributed by atoms with van der Waals surface area (Å²) in [6.45, 7) is 1.81. The van der Waals surface area contributed by atoms with Gasteiger partial charge in [-0.3, -0.25) is 4.79 Å². The second kappa shape index (κ2) is 5.96. The molecule has 3 nitrogen and oxygen atoms in total. The van der Waals surface area contributed by atoms with E-state index in [-0.39, 0.29) is 10.9 Å². The van der Waals surface area contributed by atoms with Crippen LogP contribution in [0, 0.1) is 18.3 Å². The van der Waals surface area contributed by atoms with Gasteiger partial charge < -0.3 is 5.32 Å². The van der Waals surface area contributed by atoms with Crippen molar-refractivity contribution in [2.24, 2.45) is 0 Å². The number of carbonyl (C=O) groups is 1. The molecule has 2 aromatic rings. The molecule has 0 aromatic heterocycles. The van der Waals surface area contributed by atoms with Crippen molar-refractivity contribution in [3.05, 3.63) is 63.1 Å². The van der Waals surface area contributed by atoms with Gasteiger partial charge in [0, 0.05) is 5.02 Å². The van der Waals surface area contributed by atoms with Gasteiger partial charge in [0.15, 0.2) is 0 Å². The van der Waals surface area contributed by atoms with E-state index in [0.717, 1.165) is 5.56 Å². The quantitative estimate of drug-likeness (QED) is 0.892. The summed E-state index contributed by atoms with van der Waals surface area (Å²) in [6.07, 6.45) is 0. The van der Waals surface area contributed by atoms with E-state index in [1.54, 1.807) is 24.3 Å². The summed E-state index contributed by atoms with van der Waals surface area (Å²) < 4.78 is 0. The van der Waals surface area contributed by atoms with E-state index >= 15 is 0 Å². The molecule has 0 atom stereocenters. The number of nitrogens with one attached hydrogen (secondary N) is 1. The molecule has 0 radical (unpaired) electrons. The number of rotatable bonds is 2. The van der Waals surface area contributed by atoms with Crippen molar-refractivity contribution in [3.63, 3.8) is 0 Å². The molecule has 0 heterocycles. The van der Waals surface area contributed by atoms with Gasteiger partial charge in [0.1, 0.15) is 6.07 Å². The van der Waals surface area contributed by atoms with Gasteiger partial charge in [-0.05, 0) is 36.8 Å². The molecule has 0 unspecified atom stereocenters. The van der Waals surface area contributed by atoms with E-state index in [1.165, 1.54) is 6.07 Å². The number of anilines is 1. The van der Waals surface area contributed by atoms with Crippen LogP contribution in [0.1, 0.15) is 21.5 Å². The molecule has 0 fully saturated rings. The molecule has 0 saturated carbocycles. The fourth-order valence-corrected chi connectivity index (χ4v) is 2.28. The van der Waals surface area contributed by atoms with Crippen LogP contribution in [-0.2, 0) is 0 Å². The van der Waals surface area contributed by atoms with Crippen molar-refractivity contribution < 1.29 is 4.79 Å². The van der Waals surface area contributed by atoms with Gasteiger partial charge in [-0.1, -0.05) is 35.3 Å². The molecule has 2 rings (SSSR count). The molecule has 0 bridgehead atoms. The van der Waals surface area contributed by atoms with Gasteiger partial charge >= 0.3 is 0 Å². The van der Waals surface area contributed by atoms with Gasteiger partial charge in [-0.2, -0.15) is 5.26 Å². The van der Waals surface area contributed by atoms with Gasteiger partial charge in [0.05, 0.1) is 21.8 Å². The van der Waals surface area contributed by atoms with Crippen LogP contribution in [0.25, 0.3) is 0 Å². The van der Waals surface area contributed by atoms with Gasteiger partial charge in [-0.15, -0.1) is 0 Å². The predicted octanol–water partition coefficient (Wildman–Crippen LogP) is 4.43. The first-order valence-electron chi connectivity index (χ1n) is 5.79. The lowest BCUT2D eigenvalue weighted by Crippen LogP contribution is -2.13. The summed E-state index contributed by atoms with van der Waals surface area (Å²) in [5.41, 5.74) is 2.00. The molecule has 20 heavy (non-hydrogen) atoms. The predicted molar refractivity (Wildman–Crippen MR) is 80.3 cm³/mol. The van der Waals surface area contributed by atoms with Crippen molar-refractivity contribution in [2.45, 2.75) is 6.92 Å². The number of hydrogen-bond acceptors (Lipinski definition) is 2. The lowest BCUT2D eigenvalue weighted by atomic mass is 10.1. The molecule has 0 aliphatic rings. The number of aryl methyl sites for hydroxylation is 1. The van der Waals surface area contributed by atoms with E-state index in [9.17, 15) is 4.79 Å². The summed E-state index contributed by atoms with van der Waals surface area (Å²) in [6, 6.07) is 12.0. The average molecular weight is 305 g/mol. The molecule has 100 valence electrons. The first-order chi connectivity index (χ1) is 9.52. The Morgan fingerprint density at radius 1 is 1.25 bits per heavy atom. The molecule has 5 heteroatoms. The minimum Gasteiger partial charge on any atom is -0.321 e. The van der Waals surface area contributed by atoms with Crippen LogP contribution in [0.5, 0.6) is 0 Å². The Morgan fingerprint density at radius 2 is 2.00 bits per heavy atom. The first-order valence-corrected chi connectivity index (χ1v) is 6.54. The van der Waals surface area contributed by atoms with Gasteiger partial charge in [-0.25, -0.2) is 0 Å². The van der Waals surface area contributed by atoms with Crippen LogP contribution in [0.3, 0.4) is 0 Å². The summed E-state index contributed by atoms with van der Waals surface area (Å²) in [5.74, 6) is -0.381. The molecular formula is C15H10Cl2N2O. The van der Waals surface area contributed by atoms with Crippen molar-refractivity contribution in [1.29, 1.82) is 5.26 Å². The van der Waals surface area contributed by atoms with Crippen LogP contribution in [-0.4, -0.2) is 5.91 Å². The van der Waals surface area contributed by atoms with E-state index < -0.39 is 0 Å². The SMILES string of the molecule is Cc1cccc(NC(=O)c2ccc(Cl)cc2Cl)c1C#N. The molecule has 1 amide bonds. The minimum atomic E-state index is -0.381. The minimum absolute atomic E-state index is 0.265. The van der Waals surface area contributed by atoms with E-state index in [4.69, 9.17) is 28.5 Å². The number of nitriles is 1. The van der Waals surface area contributed by atoms with Crippen LogP contribution in [0.4, 0.5) is 5.69 Å². The number of benzene rings is 2.